The second-order valence-electron chi connectivity index (χ2n) is 4.26. The van der Waals surface area contributed by atoms with Crippen molar-refractivity contribution in [3.8, 4) is 0 Å². The first-order valence-corrected chi connectivity index (χ1v) is 5.61. The average molecular weight is 184 g/mol. The zero-order chi connectivity index (χ0) is 9.84. The van der Waals surface area contributed by atoms with E-state index in [-0.39, 0.29) is 0 Å². The summed E-state index contributed by atoms with van der Waals surface area (Å²) >= 11 is 0. The van der Waals surface area contributed by atoms with Gasteiger partial charge >= 0.3 is 0 Å². The second-order valence-corrected chi connectivity index (χ2v) is 4.26. The fraction of sp³-hybridized carbons (Fsp3) is 1.00. The molecule has 0 aromatic heterocycles. The number of hydrogen-bond acceptors (Lipinski definition) is 2. The fourth-order valence-electron chi connectivity index (χ4n) is 2.19. The van der Waals surface area contributed by atoms with Crippen LogP contribution in [0.1, 0.15) is 27.2 Å². The van der Waals surface area contributed by atoms with Crippen LogP contribution in [0.5, 0.6) is 0 Å². The van der Waals surface area contributed by atoms with Crippen LogP contribution in [0.4, 0.5) is 0 Å². The highest BCUT2D eigenvalue weighted by Gasteiger charge is 2.27. The van der Waals surface area contributed by atoms with Gasteiger partial charge in [0, 0.05) is 12.6 Å². The minimum Gasteiger partial charge on any atom is -0.304 e. The summed E-state index contributed by atoms with van der Waals surface area (Å²) in [7, 11) is 2.24. The van der Waals surface area contributed by atoms with Crippen molar-refractivity contribution in [2.75, 3.05) is 33.2 Å². The molecule has 2 nitrogen and oxygen atoms in total. The van der Waals surface area contributed by atoms with Gasteiger partial charge in [0.25, 0.3) is 0 Å². The molecule has 2 heteroatoms. The molecule has 13 heavy (non-hydrogen) atoms. The van der Waals surface area contributed by atoms with Crippen LogP contribution in [0.15, 0.2) is 0 Å². The number of rotatable bonds is 4. The Labute approximate surface area is 82.9 Å². The standard InChI is InChI=1S/C11H24N2/c1-5-12(4)10(3)11-7-8-13(6-2)9-11/h10-11H,5-9H2,1-4H3. The number of hydrogen-bond donors (Lipinski definition) is 0. The molecule has 78 valence electrons. The largest absolute Gasteiger partial charge is 0.304 e. The van der Waals surface area contributed by atoms with E-state index in [9.17, 15) is 0 Å². The van der Waals surface area contributed by atoms with Gasteiger partial charge in [-0.2, -0.15) is 0 Å². The summed E-state index contributed by atoms with van der Waals surface area (Å²) in [5.74, 6) is 0.893. The minimum atomic E-state index is 0.751. The molecule has 0 aliphatic carbocycles. The molecule has 0 aromatic carbocycles. The first-order valence-electron chi connectivity index (χ1n) is 5.61. The molecule has 0 bridgehead atoms. The molecule has 1 saturated heterocycles. The molecule has 0 saturated carbocycles. The zero-order valence-corrected chi connectivity index (χ0v) is 9.58. The van der Waals surface area contributed by atoms with Crippen LogP contribution in [-0.4, -0.2) is 49.1 Å². The third-order valence-corrected chi connectivity index (χ3v) is 3.63. The zero-order valence-electron chi connectivity index (χ0n) is 9.58. The summed E-state index contributed by atoms with van der Waals surface area (Å²) in [4.78, 5) is 5.02. The second kappa shape index (κ2) is 4.97. The van der Waals surface area contributed by atoms with Crippen molar-refractivity contribution < 1.29 is 0 Å². The number of likely N-dealkylation sites (tertiary alicyclic amines) is 1. The van der Waals surface area contributed by atoms with E-state index in [1.807, 2.05) is 0 Å². The van der Waals surface area contributed by atoms with Crippen LogP contribution < -0.4 is 0 Å². The molecule has 2 unspecified atom stereocenters. The van der Waals surface area contributed by atoms with Gasteiger partial charge in [-0.3, -0.25) is 0 Å². The lowest BCUT2D eigenvalue weighted by Gasteiger charge is -2.28. The Hall–Kier alpha value is -0.0800. The third-order valence-electron chi connectivity index (χ3n) is 3.63. The predicted molar refractivity (Wildman–Crippen MR) is 58.0 cm³/mol. The average Bonchev–Trinajstić information content (AvgIpc) is 2.63. The van der Waals surface area contributed by atoms with Crippen molar-refractivity contribution in [3.63, 3.8) is 0 Å². The highest BCUT2D eigenvalue weighted by molar-refractivity contribution is 4.82. The van der Waals surface area contributed by atoms with Crippen LogP contribution in [-0.2, 0) is 0 Å². The molecule has 1 aliphatic rings. The van der Waals surface area contributed by atoms with Crippen molar-refractivity contribution in [3.05, 3.63) is 0 Å². The Morgan fingerprint density at radius 3 is 2.62 bits per heavy atom. The van der Waals surface area contributed by atoms with Gasteiger partial charge in [0.05, 0.1) is 0 Å². The van der Waals surface area contributed by atoms with Gasteiger partial charge in [0.15, 0.2) is 0 Å². The normalized spacial score (nSPS) is 27.0. The highest BCUT2D eigenvalue weighted by Crippen LogP contribution is 2.21. The maximum atomic E-state index is 2.56. The van der Waals surface area contributed by atoms with Crippen LogP contribution >= 0.6 is 0 Å². The lowest BCUT2D eigenvalue weighted by molar-refractivity contribution is 0.196. The van der Waals surface area contributed by atoms with Crippen molar-refractivity contribution in [2.24, 2.45) is 5.92 Å². The smallest absolute Gasteiger partial charge is 0.0105 e. The Balaban J connectivity index is 2.36. The van der Waals surface area contributed by atoms with E-state index in [2.05, 4.69) is 37.6 Å². The van der Waals surface area contributed by atoms with E-state index in [1.54, 1.807) is 0 Å². The Bertz CT molecular complexity index is 147. The summed E-state index contributed by atoms with van der Waals surface area (Å²) in [6.07, 6.45) is 1.39. The summed E-state index contributed by atoms with van der Waals surface area (Å²) in [6, 6.07) is 0.751. The van der Waals surface area contributed by atoms with Crippen molar-refractivity contribution >= 4 is 0 Å². The molecule has 0 spiro atoms. The van der Waals surface area contributed by atoms with E-state index >= 15 is 0 Å². The van der Waals surface area contributed by atoms with Crippen LogP contribution in [0.2, 0.25) is 0 Å². The van der Waals surface area contributed by atoms with E-state index in [0.717, 1.165) is 12.0 Å². The highest BCUT2D eigenvalue weighted by atomic mass is 15.2. The summed E-state index contributed by atoms with van der Waals surface area (Å²) in [5.41, 5.74) is 0. The Morgan fingerprint density at radius 2 is 2.15 bits per heavy atom. The molecule has 0 N–H and O–H groups in total. The van der Waals surface area contributed by atoms with Gasteiger partial charge in [-0.1, -0.05) is 13.8 Å². The SMILES string of the molecule is CCN1CCC(C(C)N(C)CC)C1. The summed E-state index contributed by atoms with van der Waals surface area (Å²) in [5, 5.41) is 0. The predicted octanol–water partition coefficient (Wildman–Crippen LogP) is 1.67. The Kier molecular flexibility index (Phi) is 4.20. The van der Waals surface area contributed by atoms with Crippen LogP contribution in [0, 0.1) is 5.92 Å². The van der Waals surface area contributed by atoms with Gasteiger partial charge in [-0.05, 0) is 45.9 Å². The monoisotopic (exact) mass is 184 g/mol. The quantitative estimate of drug-likeness (QED) is 0.656. The van der Waals surface area contributed by atoms with Crippen LogP contribution in [0.3, 0.4) is 0 Å². The first kappa shape index (κ1) is 11.0. The maximum Gasteiger partial charge on any atom is 0.0105 e. The van der Waals surface area contributed by atoms with Gasteiger partial charge < -0.3 is 9.80 Å². The molecule has 0 radical (unpaired) electrons. The molecular weight excluding hydrogens is 160 g/mol. The lowest BCUT2D eigenvalue weighted by Crippen LogP contribution is -2.36. The summed E-state index contributed by atoms with van der Waals surface area (Å²) in [6.45, 7) is 11.9. The van der Waals surface area contributed by atoms with Crippen molar-refractivity contribution in [2.45, 2.75) is 33.2 Å². The van der Waals surface area contributed by atoms with Crippen LogP contribution in [0.25, 0.3) is 0 Å². The van der Waals surface area contributed by atoms with Gasteiger partial charge in [-0.15, -0.1) is 0 Å². The fourth-order valence-corrected chi connectivity index (χ4v) is 2.19. The molecular formula is C11H24N2. The lowest BCUT2D eigenvalue weighted by atomic mass is 9.99. The molecule has 1 heterocycles. The maximum absolute atomic E-state index is 2.56. The third kappa shape index (κ3) is 2.68. The van der Waals surface area contributed by atoms with Gasteiger partial charge in [-0.25, -0.2) is 0 Å². The van der Waals surface area contributed by atoms with E-state index in [0.29, 0.717) is 0 Å². The van der Waals surface area contributed by atoms with Crippen molar-refractivity contribution in [1.29, 1.82) is 0 Å². The Morgan fingerprint density at radius 1 is 1.46 bits per heavy atom. The van der Waals surface area contributed by atoms with Crippen molar-refractivity contribution in [1.82, 2.24) is 9.80 Å². The molecule has 0 amide bonds. The topological polar surface area (TPSA) is 6.48 Å². The summed E-state index contributed by atoms with van der Waals surface area (Å²) < 4.78 is 0. The molecule has 0 aromatic rings. The first-order chi connectivity index (χ1) is 6.19. The minimum absolute atomic E-state index is 0.751. The van der Waals surface area contributed by atoms with Gasteiger partial charge in [0.1, 0.15) is 0 Å². The van der Waals surface area contributed by atoms with E-state index < -0.39 is 0 Å². The van der Waals surface area contributed by atoms with E-state index in [1.165, 1.54) is 32.6 Å². The molecule has 2 atom stereocenters. The molecule has 1 rings (SSSR count). The van der Waals surface area contributed by atoms with Gasteiger partial charge in [0.2, 0.25) is 0 Å². The number of nitrogens with zero attached hydrogens (tertiary/aromatic N) is 2. The van der Waals surface area contributed by atoms with E-state index in [4.69, 9.17) is 0 Å². The molecule has 1 fully saturated rings. The molecule has 1 aliphatic heterocycles.